The van der Waals surface area contributed by atoms with Crippen LogP contribution in [0, 0.1) is 5.41 Å². The van der Waals surface area contributed by atoms with Gasteiger partial charge < -0.3 is 10.5 Å². The van der Waals surface area contributed by atoms with Gasteiger partial charge in [0.2, 0.25) is 0 Å². The van der Waals surface area contributed by atoms with Crippen LogP contribution in [0.4, 0.5) is 0 Å². The molecule has 0 amide bonds. The van der Waals surface area contributed by atoms with Crippen molar-refractivity contribution in [3.63, 3.8) is 0 Å². The lowest BCUT2D eigenvalue weighted by molar-refractivity contribution is -0.144. The maximum atomic E-state index is 11.1. The summed E-state index contributed by atoms with van der Waals surface area (Å²) in [7, 11) is 1.38. The Hall–Kier alpha value is -0.570. The van der Waals surface area contributed by atoms with E-state index in [4.69, 9.17) is 5.73 Å². The number of methoxy groups -OCH3 is 1. The molecule has 2 N–H and O–H groups in total. The molecule has 1 aliphatic carbocycles. The summed E-state index contributed by atoms with van der Waals surface area (Å²) in [6.45, 7) is 4.06. The lowest BCUT2D eigenvalue weighted by Crippen LogP contribution is -2.39. The van der Waals surface area contributed by atoms with Crippen LogP contribution >= 0.6 is 0 Å². The van der Waals surface area contributed by atoms with Crippen molar-refractivity contribution in [1.82, 2.24) is 0 Å². The van der Waals surface area contributed by atoms with Gasteiger partial charge in [-0.2, -0.15) is 0 Å². The molecule has 64 valence electrons. The number of ether oxygens (including phenoxy) is 1. The summed E-state index contributed by atoms with van der Waals surface area (Å²) < 4.78 is 4.61. The fourth-order valence-electron chi connectivity index (χ4n) is 1.51. The largest absolute Gasteiger partial charge is 0.468 e. The molecule has 0 unspecified atom stereocenters. The van der Waals surface area contributed by atoms with Crippen molar-refractivity contribution in [2.75, 3.05) is 7.11 Å². The van der Waals surface area contributed by atoms with E-state index in [1.54, 1.807) is 0 Å². The zero-order valence-corrected chi connectivity index (χ0v) is 7.31. The van der Waals surface area contributed by atoms with Crippen LogP contribution in [-0.2, 0) is 9.53 Å². The molecule has 0 bridgehead atoms. The summed E-state index contributed by atoms with van der Waals surface area (Å²) in [4.78, 5) is 11.1. The van der Waals surface area contributed by atoms with Crippen molar-refractivity contribution in [2.45, 2.75) is 32.2 Å². The second-order valence-electron chi connectivity index (χ2n) is 3.55. The second kappa shape index (κ2) is 2.21. The summed E-state index contributed by atoms with van der Waals surface area (Å²) in [5.41, 5.74) is 5.09. The van der Waals surface area contributed by atoms with Gasteiger partial charge >= 0.3 is 5.97 Å². The van der Waals surface area contributed by atoms with Crippen LogP contribution < -0.4 is 5.73 Å². The van der Waals surface area contributed by atoms with E-state index < -0.39 is 5.54 Å². The molecule has 0 aromatic carbocycles. The normalized spacial score (nSPS) is 41.8. The van der Waals surface area contributed by atoms with Crippen molar-refractivity contribution < 1.29 is 9.53 Å². The Balaban J connectivity index is 2.69. The van der Waals surface area contributed by atoms with Gasteiger partial charge in [0, 0.05) is 0 Å². The third-order valence-electron chi connectivity index (χ3n) is 2.95. The van der Waals surface area contributed by atoms with Gasteiger partial charge in [-0.1, -0.05) is 13.8 Å². The topological polar surface area (TPSA) is 52.3 Å². The molecule has 3 nitrogen and oxygen atoms in total. The van der Waals surface area contributed by atoms with Crippen LogP contribution in [0.15, 0.2) is 0 Å². The summed E-state index contributed by atoms with van der Waals surface area (Å²) in [5, 5.41) is 0. The van der Waals surface area contributed by atoms with E-state index in [0.717, 1.165) is 12.8 Å². The van der Waals surface area contributed by atoms with Gasteiger partial charge in [0.15, 0.2) is 0 Å². The number of hydrogen-bond acceptors (Lipinski definition) is 3. The van der Waals surface area contributed by atoms with Crippen molar-refractivity contribution in [3.05, 3.63) is 0 Å². The predicted octanol–water partition coefficient (Wildman–Crippen LogP) is 0.677. The molecule has 11 heavy (non-hydrogen) atoms. The quantitative estimate of drug-likeness (QED) is 0.599. The van der Waals surface area contributed by atoms with E-state index in [-0.39, 0.29) is 11.4 Å². The minimum absolute atomic E-state index is 0.0277. The Bertz CT molecular complexity index is 193. The summed E-state index contributed by atoms with van der Waals surface area (Å²) in [5.74, 6) is -0.276. The van der Waals surface area contributed by atoms with Crippen molar-refractivity contribution in [3.8, 4) is 0 Å². The van der Waals surface area contributed by atoms with Gasteiger partial charge in [0.05, 0.1) is 7.11 Å². The van der Waals surface area contributed by atoms with Crippen LogP contribution in [0.1, 0.15) is 26.7 Å². The van der Waals surface area contributed by atoms with Crippen LogP contribution in [0.25, 0.3) is 0 Å². The molecule has 0 aliphatic heterocycles. The predicted molar refractivity (Wildman–Crippen MR) is 41.9 cm³/mol. The first-order chi connectivity index (χ1) is 5.00. The number of hydrogen-bond donors (Lipinski definition) is 1. The van der Waals surface area contributed by atoms with E-state index in [0.29, 0.717) is 0 Å². The fourth-order valence-corrected chi connectivity index (χ4v) is 1.51. The minimum Gasteiger partial charge on any atom is -0.468 e. The fraction of sp³-hybridized carbons (Fsp3) is 0.875. The minimum atomic E-state index is -0.698. The van der Waals surface area contributed by atoms with Gasteiger partial charge in [0.25, 0.3) is 0 Å². The Morgan fingerprint density at radius 2 is 2.27 bits per heavy atom. The summed E-state index contributed by atoms with van der Waals surface area (Å²) in [6.07, 6.45) is 1.68. The SMILES string of the molecule is CC[C@@]1(C)C[C@]1(N)C(=O)OC. The third-order valence-corrected chi connectivity index (χ3v) is 2.95. The van der Waals surface area contributed by atoms with E-state index >= 15 is 0 Å². The first-order valence-corrected chi connectivity index (χ1v) is 3.87. The molecule has 1 saturated carbocycles. The van der Waals surface area contributed by atoms with Crippen molar-refractivity contribution in [1.29, 1.82) is 0 Å². The highest BCUT2D eigenvalue weighted by atomic mass is 16.5. The van der Waals surface area contributed by atoms with Crippen LogP contribution in [-0.4, -0.2) is 18.6 Å². The maximum absolute atomic E-state index is 11.1. The monoisotopic (exact) mass is 157 g/mol. The maximum Gasteiger partial charge on any atom is 0.326 e. The highest BCUT2D eigenvalue weighted by Gasteiger charge is 2.66. The zero-order valence-electron chi connectivity index (χ0n) is 7.31. The lowest BCUT2D eigenvalue weighted by atomic mass is 10.00. The van der Waals surface area contributed by atoms with Crippen molar-refractivity contribution in [2.24, 2.45) is 11.1 Å². The molecule has 1 fully saturated rings. The van der Waals surface area contributed by atoms with Gasteiger partial charge in [-0.05, 0) is 18.3 Å². The van der Waals surface area contributed by atoms with Gasteiger partial charge in [-0.3, -0.25) is 4.79 Å². The molecule has 0 aromatic heterocycles. The highest BCUT2D eigenvalue weighted by Crippen LogP contribution is 2.56. The van der Waals surface area contributed by atoms with Gasteiger partial charge in [-0.15, -0.1) is 0 Å². The Morgan fingerprint density at radius 3 is 2.55 bits per heavy atom. The van der Waals surface area contributed by atoms with Crippen molar-refractivity contribution >= 4 is 5.97 Å². The number of esters is 1. The molecule has 0 heterocycles. The van der Waals surface area contributed by atoms with E-state index in [2.05, 4.69) is 4.74 Å². The van der Waals surface area contributed by atoms with E-state index in [1.807, 2.05) is 13.8 Å². The molecular formula is C8H15NO2. The zero-order chi connectivity index (χ0) is 8.70. The third kappa shape index (κ3) is 0.948. The number of nitrogens with two attached hydrogens (primary N) is 1. The first-order valence-electron chi connectivity index (χ1n) is 3.87. The molecule has 1 rings (SSSR count). The molecular weight excluding hydrogens is 142 g/mol. The number of rotatable bonds is 2. The smallest absolute Gasteiger partial charge is 0.326 e. The average molecular weight is 157 g/mol. The molecule has 1 aliphatic rings. The van der Waals surface area contributed by atoms with E-state index in [1.165, 1.54) is 7.11 Å². The number of carbonyl (C=O) groups excluding carboxylic acids is 1. The van der Waals surface area contributed by atoms with E-state index in [9.17, 15) is 4.79 Å². The highest BCUT2D eigenvalue weighted by molar-refractivity contribution is 5.85. The summed E-state index contributed by atoms with van der Waals surface area (Å²) >= 11 is 0. The van der Waals surface area contributed by atoms with Crippen LogP contribution in [0.3, 0.4) is 0 Å². The Kier molecular flexibility index (Phi) is 1.71. The molecule has 3 heteroatoms. The molecule has 0 spiro atoms. The first kappa shape index (κ1) is 8.53. The lowest BCUT2D eigenvalue weighted by Gasteiger charge is -2.13. The molecule has 2 atom stereocenters. The molecule has 0 radical (unpaired) electrons. The second-order valence-corrected chi connectivity index (χ2v) is 3.55. The van der Waals surface area contributed by atoms with Crippen LogP contribution in [0.2, 0.25) is 0 Å². The summed E-state index contributed by atoms with van der Waals surface area (Å²) in [6, 6.07) is 0. The Morgan fingerprint density at radius 1 is 1.73 bits per heavy atom. The van der Waals surface area contributed by atoms with Gasteiger partial charge in [0.1, 0.15) is 5.54 Å². The van der Waals surface area contributed by atoms with Gasteiger partial charge in [-0.25, -0.2) is 0 Å². The molecule has 0 saturated heterocycles. The Labute approximate surface area is 66.9 Å². The standard InChI is InChI=1S/C8H15NO2/c1-4-7(2)5-8(7,9)6(10)11-3/h4-5,9H2,1-3H3/t7-,8-/m0/s1. The average Bonchev–Trinajstić information content (AvgIpc) is 2.56. The molecule has 0 aromatic rings. The number of carbonyl (C=O) groups is 1. The van der Waals surface area contributed by atoms with Crippen LogP contribution in [0.5, 0.6) is 0 Å².